The fourth-order valence-corrected chi connectivity index (χ4v) is 2.76. The van der Waals surface area contributed by atoms with E-state index in [4.69, 9.17) is 9.52 Å². The second kappa shape index (κ2) is 6.77. The summed E-state index contributed by atoms with van der Waals surface area (Å²) in [7, 11) is 1.97. The van der Waals surface area contributed by atoms with Gasteiger partial charge in [-0.2, -0.15) is 0 Å². The second-order valence-electron chi connectivity index (χ2n) is 4.39. The zero-order valence-corrected chi connectivity index (χ0v) is 12.1. The molecular weight excluding hydrogens is 262 g/mol. The number of hydrogen-bond acceptors (Lipinski definition) is 5. The first-order valence-electron chi connectivity index (χ1n) is 6.41. The molecule has 19 heavy (non-hydrogen) atoms. The van der Waals surface area contributed by atoms with Gasteiger partial charge in [0.15, 0.2) is 11.0 Å². The number of aliphatic hydroxyl groups is 1. The molecule has 0 amide bonds. The molecule has 2 aromatic rings. The van der Waals surface area contributed by atoms with Crippen molar-refractivity contribution >= 4 is 11.8 Å². The average molecular weight is 281 g/mol. The first kappa shape index (κ1) is 14.1. The van der Waals surface area contributed by atoms with Crippen molar-refractivity contribution < 1.29 is 9.52 Å². The zero-order chi connectivity index (χ0) is 13.7. The number of aliphatic hydroxyl groups excluding tert-OH is 1. The highest BCUT2D eigenvalue weighted by Gasteiger charge is 2.14. The highest BCUT2D eigenvalue weighted by molar-refractivity contribution is 7.99. The molecule has 104 valence electrons. The number of aromatic nitrogens is 3. The monoisotopic (exact) mass is 281 g/mol. The molecule has 0 unspecified atom stereocenters. The van der Waals surface area contributed by atoms with E-state index >= 15 is 0 Å². The maximum absolute atomic E-state index is 8.72. The van der Waals surface area contributed by atoms with Gasteiger partial charge >= 0.3 is 0 Å². The third kappa shape index (κ3) is 3.39. The molecule has 0 aliphatic carbocycles. The van der Waals surface area contributed by atoms with E-state index in [0.29, 0.717) is 0 Å². The lowest BCUT2D eigenvalue weighted by atomic mass is 10.2. The van der Waals surface area contributed by atoms with Crippen molar-refractivity contribution in [1.82, 2.24) is 14.8 Å². The molecule has 0 saturated carbocycles. The van der Waals surface area contributed by atoms with E-state index in [1.54, 1.807) is 18.0 Å². The summed E-state index contributed by atoms with van der Waals surface area (Å²) in [4.78, 5) is 0. The average Bonchev–Trinajstić information content (AvgIpc) is 2.96. The Morgan fingerprint density at radius 3 is 2.84 bits per heavy atom. The van der Waals surface area contributed by atoms with Crippen LogP contribution in [-0.2, 0) is 7.05 Å². The molecule has 5 nitrogen and oxygen atoms in total. The SMILES string of the molecule is Cc1occc1-c1nnc(SCCCCCO)n1C. The van der Waals surface area contributed by atoms with Crippen LogP contribution in [0.5, 0.6) is 0 Å². The number of nitrogens with zero attached hydrogens (tertiary/aromatic N) is 3. The van der Waals surface area contributed by atoms with Gasteiger partial charge in [-0.15, -0.1) is 10.2 Å². The summed E-state index contributed by atoms with van der Waals surface area (Å²) in [5.41, 5.74) is 0.988. The Kier molecular flexibility index (Phi) is 5.04. The smallest absolute Gasteiger partial charge is 0.191 e. The lowest BCUT2D eigenvalue weighted by molar-refractivity contribution is 0.284. The molecule has 0 spiro atoms. The molecule has 2 aromatic heterocycles. The van der Waals surface area contributed by atoms with Crippen molar-refractivity contribution in [1.29, 1.82) is 0 Å². The van der Waals surface area contributed by atoms with Gasteiger partial charge in [0.1, 0.15) is 5.76 Å². The van der Waals surface area contributed by atoms with Gasteiger partial charge in [-0.25, -0.2) is 0 Å². The lowest BCUT2D eigenvalue weighted by Gasteiger charge is -2.03. The minimum atomic E-state index is 0.276. The van der Waals surface area contributed by atoms with Crippen LogP contribution in [0.1, 0.15) is 25.0 Å². The predicted octanol–water partition coefficient (Wildman–Crippen LogP) is 2.64. The van der Waals surface area contributed by atoms with E-state index in [9.17, 15) is 0 Å². The number of rotatable bonds is 7. The third-order valence-corrected chi connectivity index (χ3v) is 4.07. The summed E-state index contributed by atoms with van der Waals surface area (Å²) in [5, 5.41) is 18.1. The van der Waals surface area contributed by atoms with Gasteiger partial charge in [-0.3, -0.25) is 0 Å². The van der Waals surface area contributed by atoms with Crippen LogP contribution >= 0.6 is 11.8 Å². The Labute approximate surface area is 117 Å². The Morgan fingerprint density at radius 1 is 1.32 bits per heavy atom. The van der Waals surface area contributed by atoms with Gasteiger partial charge in [0.2, 0.25) is 0 Å². The molecule has 1 N–H and O–H groups in total. The summed E-state index contributed by atoms with van der Waals surface area (Å²) in [6.07, 6.45) is 4.67. The van der Waals surface area contributed by atoms with Gasteiger partial charge in [0.05, 0.1) is 11.8 Å². The summed E-state index contributed by atoms with van der Waals surface area (Å²) in [5.74, 6) is 2.69. The standard InChI is InChI=1S/C13H19N3O2S/c1-10-11(6-8-18-10)12-14-15-13(16(12)2)19-9-5-3-4-7-17/h6,8,17H,3-5,7,9H2,1-2H3. The Balaban J connectivity index is 1.97. The first-order valence-corrected chi connectivity index (χ1v) is 7.40. The van der Waals surface area contributed by atoms with Crippen LogP contribution in [0.15, 0.2) is 21.9 Å². The summed E-state index contributed by atoms with van der Waals surface area (Å²) in [6.45, 7) is 2.20. The molecule has 0 aliphatic heterocycles. The molecule has 6 heteroatoms. The quantitative estimate of drug-likeness (QED) is 0.624. The molecule has 2 rings (SSSR count). The van der Waals surface area contributed by atoms with E-state index in [-0.39, 0.29) is 6.61 Å². The van der Waals surface area contributed by atoms with Crippen molar-refractivity contribution in [3.05, 3.63) is 18.1 Å². The number of aryl methyl sites for hydroxylation is 1. The van der Waals surface area contributed by atoms with Gasteiger partial charge in [0.25, 0.3) is 0 Å². The van der Waals surface area contributed by atoms with E-state index in [2.05, 4.69) is 10.2 Å². The second-order valence-corrected chi connectivity index (χ2v) is 5.45. The third-order valence-electron chi connectivity index (χ3n) is 2.97. The van der Waals surface area contributed by atoms with Crippen molar-refractivity contribution in [2.75, 3.05) is 12.4 Å². The van der Waals surface area contributed by atoms with Crippen LogP contribution in [0.4, 0.5) is 0 Å². The molecule has 0 fully saturated rings. The Bertz CT molecular complexity index is 522. The van der Waals surface area contributed by atoms with Crippen molar-refractivity contribution in [3.63, 3.8) is 0 Å². The summed E-state index contributed by atoms with van der Waals surface area (Å²) in [6, 6.07) is 1.91. The van der Waals surface area contributed by atoms with Crippen molar-refractivity contribution in [3.8, 4) is 11.4 Å². The highest BCUT2D eigenvalue weighted by atomic mass is 32.2. The predicted molar refractivity (Wildman–Crippen MR) is 75.1 cm³/mol. The minimum absolute atomic E-state index is 0.276. The fraction of sp³-hybridized carbons (Fsp3) is 0.538. The molecular formula is C13H19N3O2S. The van der Waals surface area contributed by atoms with Crippen molar-refractivity contribution in [2.24, 2.45) is 7.05 Å². The van der Waals surface area contributed by atoms with E-state index in [1.165, 1.54) is 0 Å². The molecule has 0 bridgehead atoms. The molecule has 2 heterocycles. The summed E-state index contributed by atoms with van der Waals surface area (Å²) < 4.78 is 7.29. The van der Waals surface area contributed by atoms with Crippen LogP contribution in [0, 0.1) is 6.92 Å². The Hall–Kier alpha value is -1.27. The van der Waals surface area contributed by atoms with E-state index in [1.807, 2.05) is 24.6 Å². The van der Waals surface area contributed by atoms with Crippen LogP contribution in [-0.4, -0.2) is 32.2 Å². The molecule has 0 saturated heterocycles. The topological polar surface area (TPSA) is 64.1 Å². The highest BCUT2D eigenvalue weighted by Crippen LogP contribution is 2.26. The molecule has 0 aliphatic rings. The maximum atomic E-state index is 8.72. The van der Waals surface area contributed by atoms with Gasteiger partial charge in [-0.05, 0) is 25.8 Å². The number of furan rings is 1. The fourth-order valence-electron chi connectivity index (χ4n) is 1.85. The first-order chi connectivity index (χ1) is 9.24. The normalized spacial score (nSPS) is 11.1. The van der Waals surface area contributed by atoms with Gasteiger partial charge < -0.3 is 14.1 Å². The lowest BCUT2D eigenvalue weighted by Crippen LogP contribution is -1.95. The minimum Gasteiger partial charge on any atom is -0.469 e. The van der Waals surface area contributed by atoms with Gasteiger partial charge in [0, 0.05) is 19.4 Å². The van der Waals surface area contributed by atoms with Crippen molar-refractivity contribution in [2.45, 2.75) is 31.3 Å². The maximum Gasteiger partial charge on any atom is 0.191 e. The number of hydrogen-bond donors (Lipinski definition) is 1. The number of unbranched alkanes of at least 4 members (excludes halogenated alkanes) is 2. The Morgan fingerprint density at radius 2 is 2.16 bits per heavy atom. The molecule has 0 atom stereocenters. The summed E-state index contributed by atoms with van der Waals surface area (Å²) >= 11 is 1.70. The zero-order valence-electron chi connectivity index (χ0n) is 11.3. The van der Waals surface area contributed by atoms with E-state index in [0.717, 1.165) is 47.3 Å². The van der Waals surface area contributed by atoms with Crippen LogP contribution in [0.25, 0.3) is 11.4 Å². The van der Waals surface area contributed by atoms with E-state index < -0.39 is 0 Å². The molecule has 0 radical (unpaired) electrons. The largest absolute Gasteiger partial charge is 0.469 e. The van der Waals surface area contributed by atoms with Crippen LogP contribution < -0.4 is 0 Å². The van der Waals surface area contributed by atoms with Crippen LogP contribution in [0.3, 0.4) is 0 Å². The van der Waals surface area contributed by atoms with Crippen LogP contribution in [0.2, 0.25) is 0 Å². The van der Waals surface area contributed by atoms with Gasteiger partial charge in [-0.1, -0.05) is 18.2 Å². The molecule has 0 aromatic carbocycles. The number of thioether (sulfide) groups is 1.